The van der Waals surface area contributed by atoms with Crippen LogP contribution in [0.5, 0.6) is 0 Å². The smallest absolute Gasteiger partial charge is 0.241 e. The van der Waals surface area contributed by atoms with Crippen LogP contribution in [0.25, 0.3) is 0 Å². The van der Waals surface area contributed by atoms with E-state index in [1.807, 2.05) is 0 Å². The molecule has 0 aromatic heterocycles. The molecule has 2 N–H and O–H groups in total. The molecule has 6 nitrogen and oxygen atoms in total. The maximum Gasteiger partial charge on any atom is 0.241 e. The minimum absolute atomic E-state index is 0.324. The zero-order valence-corrected chi connectivity index (χ0v) is 15.8. The van der Waals surface area contributed by atoms with Gasteiger partial charge in [0.1, 0.15) is 0 Å². The lowest BCUT2D eigenvalue weighted by Crippen LogP contribution is -2.59. The van der Waals surface area contributed by atoms with Crippen LogP contribution in [-0.4, -0.2) is 57.2 Å². The Labute approximate surface area is 146 Å². The Hall–Kier alpha value is -0.660. The molecule has 1 amide bonds. The van der Waals surface area contributed by atoms with E-state index < -0.39 is 14.6 Å². The fourth-order valence-electron chi connectivity index (χ4n) is 3.89. The van der Waals surface area contributed by atoms with Crippen LogP contribution in [0.2, 0.25) is 0 Å². The van der Waals surface area contributed by atoms with Crippen molar-refractivity contribution in [2.24, 2.45) is 0 Å². The van der Waals surface area contributed by atoms with Gasteiger partial charge in [0.15, 0.2) is 14.6 Å². The van der Waals surface area contributed by atoms with E-state index in [2.05, 4.69) is 17.6 Å². The van der Waals surface area contributed by atoms with Gasteiger partial charge in [0.2, 0.25) is 5.91 Å². The predicted octanol–water partition coefficient (Wildman–Crippen LogP) is 1.40. The Kier molecular flexibility index (Phi) is 6.67. The number of rotatable bonds is 7. The maximum absolute atomic E-state index is 12.9. The van der Waals surface area contributed by atoms with E-state index in [0.29, 0.717) is 39.1 Å². The quantitative estimate of drug-likeness (QED) is 0.717. The molecule has 0 radical (unpaired) electrons. The highest BCUT2D eigenvalue weighted by Crippen LogP contribution is 2.32. The van der Waals surface area contributed by atoms with Gasteiger partial charge in [0, 0.05) is 19.4 Å². The van der Waals surface area contributed by atoms with Crippen molar-refractivity contribution in [3.63, 3.8) is 0 Å². The summed E-state index contributed by atoms with van der Waals surface area (Å²) in [5.74, 6) is -0.350. The third kappa shape index (κ3) is 4.29. The molecule has 1 heterocycles. The molecule has 1 saturated heterocycles. The summed E-state index contributed by atoms with van der Waals surface area (Å²) in [4.78, 5) is 12.9. The number of hydrogen-bond acceptors (Lipinski definition) is 5. The van der Waals surface area contributed by atoms with Crippen LogP contribution in [0.4, 0.5) is 0 Å². The highest BCUT2D eigenvalue weighted by atomic mass is 32.2. The first-order valence-corrected chi connectivity index (χ1v) is 11.1. The highest BCUT2D eigenvalue weighted by Gasteiger charge is 2.49. The van der Waals surface area contributed by atoms with Crippen LogP contribution in [0, 0.1) is 0 Å². The first-order chi connectivity index (χ1) is 11.4. The van der Waals surface area contributed by atoms with Gasteiger partial charge in [-0.3, -0.25) is 4.79 Å². The molecule has 0 unspecified atom stereocenters. The lowest BCUT2D eigenvalue weighted by molar-refractivity contribution is -0.127. The summed E-state index contributed by atoms with van der Waals surface area (Å²) >= 11 is 0. The van der Waals surface area contributed by atoms with Gasteiger partial charge in [-0.15, -0.1) is 0 Å². The number of piperidine rings is 1. The molecule has 1 aliphatic heterocycles. The van der Waals surface area contributed by atoms with E-state index in [0.717, 1.165) is 32.1 Å². The van der Waals surface area contributed by atoms with Gasteiger partial charge < -0.3 is 15.4 Å². The molecule has 0 spiro atoms. The minimum atomic E-state index is -3.47. The molecule has 2 aliphatic rings. The van der Waals surface area contributed by atoms with Crippen LogP contribution >= 0.6 is 0 Å². The number of sulfone groups is 1. The normalized spacial score (nSPS) is 23.6. The summed E-state index contributed by atoms with van der Waals surface area (Å²) in [6.07, 6.45) is 8.05. The maximum atomic E-state index is 12.9. The predicted molar refractivity (Wildman–Crippen MR) is 94.7 cm³/mol. The fourth-order valence-corrected chi connectivity index (χ4v) is 5.24. The Morgan fingerprint density at radius 3 is 2.29 bits per heavy atom. The van der Waals surface area contributed by atoms with Gasteiger partial charge >= 0.3 is 0 Å². The summed E-state index contributed by atoms with van der Waals surface area (Å²) in [6, 6.07) is 0. The first-order valence-electron chi connectivity index (χ1n) is 9.18. The largest absolute Gasteiger partial charge is 0.373 e. The molecule has 2 fully saturated rings. The lowest BCUT2D eigenvalue weighted by Gasteiger charge is -2.39. The number of carbonyl (C=O) groups is 1. The zero-order chi connectivity index (χ0) is 17.7. The number of carbonyl (C=O) groups excluding carboxylic acids is 1. The molecule has 7 heteroatoms. The van der Waals surface area contributed by atoms with Crippen LogP contribution in [0.3, 0.4) is 0 Å². The summed E-state index contributed by atoms with van der Waals surface area (Å²) in [5, 5.41) is 6.09. The zero-order valence-electron chi connectivity index (χ0n) is 15.0. The minimum Gasteiger partial charge on any atom is -0.373 e. The topological polar surface area (TPSA) is 84.5 Å². The number of nitrogens with one attached hydrogen (secondary N) is 2. The Balaban J connectivity index is 2.08. The van der Waals surface area contributed by atoms with E-state index in [-0.39, 0.29) is 11.5 Å². The molecule has 0 aromatic rings. The van der Waals surface area contributed by atoms with E-state index in [4.69, 9.17) is 4.74 Å². The number of hydrogen-bond donors (Lipinski definition) is 2. The molecule has 0 aromatic carbocycles. The lowest BCUT2D eigenvalue weighted by atomic mass is 9.84. The highest BCUT2D eigenvalue weighted by molar-refractivity contribution is 7.92. The van der Waals surface area contributed by atoms with Crippen molar-refractivity contribution < 1.29 is 17.9 Å². The Morgan fingerprint density at radius 1 is 1.12 bits per heavy atom. The van der Waals surface area contributed by atoms with Crippen molar-refractivity contribution in [3.05, 3.63) is 0 Å². The molecular formula is C17H32N2O4S. The molecule has 140 valence electrons. The Morgan fingerprint density at radius 2 is 1.75 bits per heavy atom. The SMILES string of the molecule is CCCOC1(CNC(=O)C2(S(C)(=O)=O)CCNCC2)CCCCC1. The molecule has 0 bridgehead atoms. The van der Waals surface area contributed by atoms with Gasteiger partial charge in [0.25, 0.3) is 0 Å². The Bertz CT molecular complexity index is 521. The van der Waals surface area contributed by atoms with Crippen molar-refractivity contribution in [2.75, 3.05) is 32.5 Å². The van der Waals surface area contributed by atoms with Gasteiger partial charge in [-0.05, 0) is 45.2 Å². The molecule has 1 aliphatic carbocycles. The van der Waals surface area contributed by atoms with E-state index in [9.17, 15) is 13.2 Å². The second kappa shape index (κ2) is 8.15. The molecule has 0 atom stereocenters. The van der Waals surface area contributed by atoms with Gasteiger partial charge in [-0.25, -0.2) is 8.42 Å². The van der Waals surface area contributed by atoms with Crippen molar-refractivity contribution in [1.29, 1.82) is 0 Å². The van der Waals surface area contributed by atoms with E-state index >= 15 is 0 Å². The third-order valence-corrected chi connectivity index (χ3v) is 7.50. The van der Waals surface area contributed by atoms with Crippen molar-refractivity contribution in [1.82, 2.24) is 10.6 Å². The van der Waals surface area contributed by atoms with E-state index in [1.54, 1.807) is 0 Å². The molecule has 1 saturated carbocycles. The molecule has 2 rings (SSSR count). The summed E-state index contributed by atoms with van der Waals surface area (Å²) in [6.45, 7) is 4.27. The third-order valence-electron chi connectivity index (χ3n) is 5.48. The van der Waals surface area contributed by atoms with E-state index in [1.165, 1.54) is 12.7 Å². The molecule has 24 heavy (non-hydrogen) atoms. The number of ether oxygens (including phenoxy) is 1. The first kappa shape index (κ1) is 19.7. The van der Waals surface area contributed by atoms with Crippen molar-refractivity contribution >= 4 is 15.7 Å². The second-order valence-corrected chi connectivity index (χ2v) is 9.62. The van der Waals surface area contributed by atoms with Gasteiger partial charge in [0.05, 0.1) is 5.60 Å². The fraction of sp³-hybridized carbons (Fsp3) is 0.941. The monoisotopic (exact) mass is 360 g/mol. The van der Waals surface area contributed by atoms with Crippen LogP contribution in [0.15, 0.2) is 0 Å². The molecular weight excluding hydrogens is 328 g/mol. The summed E-state index contributed by atoms with van der Waals surface area (Å²) < 4.78 is 29.5. The van der Waals surface area contributed by atoms with Crippen molar-refractivity contribution in [3.8, 4) is 0 Å². The van der Waals surface area contributed by atoms with Gasteiger partial charge in [-0.2, -0.15) is 0 Å². The number of amides is 1. The second-order valence-electron chi connectivity index (χ2n) is 7.29. The van der Waals surface area contributed by atoms with Crippen LogP contribution < -0.4 is 10.6 Å². The van der Waals surface area contributed by atoms with Crippen LogP contribution in [-0.2, 0) is 19.4 Å². The summed E-state index contributed by atoms with van der Waals surface area (Å²) in [5.41, 5.74) is -0.324. The van der Waals surface area contributed by atoms with Crippen LogP contribution in [0.1, 0.15) is 58.3 Å². The van der Waals surface area contributed by atoms with Crippen molar-refractivity contribution in [2.45, 2.75) is 68.6 Å². The average Bonchev–Trinajstić information content (AvgIpc) is 2.58. The van der Waals surface area contributed by atoms with Gasteiger partial charge in [-0.1, -0.05) is 26.2 Å². The summed E-state index contributed by atoms with van der Waals surface area (Å²) in [7, 11) is -3.47. The average molecular weight is 361 g/mol. The standard InChI is InChI=1S/C17H32N2O4S/c1-3-13-23-16(7-5-4-6-8-16)14-19-15(20)17(24(2,21)22)9-11-18-12-10-17/h18H,3-14H2,1-2H3,(H,19,20).